The van der Waals surface area contributed by atoms with Crippen LogP contribution in [0.1, 0.15) is 28.8 Å². The number of anilines is 1. The van der Waals surface area contributed by atoms with Crippen LogP contribution >= 0.6 is 0 Å². The third-order valence-corrected chi connectivity index (χ3v) is 6.34. The number of hydrogen-bond acceptors (Lipinski definition) is 5. The number of hydrogen-bond donors (Lipinski definition) is 2. The molecule has 0 unspecified atom stereocenters. The summed E-state index contributed by atoms with van der Waals surface area (Å²) < 4.78 is 26.7. The first kappa shape index (κ1) is 18.3. The highest BCUT2D eigenvalue weighted by Gasteiger charge is 2.28. The molecule has 1 fully saturated rings. The monoisotopic (exact) mass is 374 g/mol. The lowest BCUT2D eigenvalue weighted by molar-refractivity contribution is 0.100. The van der Waals surface area contributed by atoms with Crippen molar-refractivity contribution in [2.45, 2.75) is 24.6 Å². The van der Waals surface area contributed by atoms with E-state index in [2.05, 4.69) is 10.3 Å². The molecule has 1 saturated heterocycles. The maximum atomic E-state index is 12.6. The van der Waals surface area contributed by atoms with Crippen molar-refractivity contribution in [2.24, 2.45) is 5.73 Å². The molecule has 1 aliphatic heterocycles. The molecule has 2 heterocycles. The number of nitrogens with zero attached hydrogens (tertiary/aromatic N) is 2. The van der Waals surface area contributed by atoms with E-state index in [9.17, 15) is 13.2 Å². The lowest BCUT2D eigenvalue weighted by Gasteiger charge is -2.32. The van der Waals surface area contributed by atoms with Gasteiger partial charge in [0.25, 0.3) is 5.91 Å². The number of carbonyl (C=O) groups is 1. The highest BCUT2D eigenvalue weighted by molar-refractivity contribution is 7.88. The number of pyridine rings is 1. The summed E-state index contributed by atoms with van der Waals surface area (Å²) in [5, 5.41) is 3.29. The van der Waals surface area contributed by atoms with Crippen molar-refractivity contribution in [3.8, 4) is 0 Å². The Labute approximate surface area is 153 Å². The van der Waals surface area contributed by atoms with Crippen molar-refractivity contribution in [1.29, 1.82) is 0 Å². The van der Waals surface area contributed by atoms with Gasteiger partial charge >= 0.3 is 0 Å². The molecule has 8 heteroatoms. The lowest BCUT2D eigenvalue weighted by atomic mass is 10.1. The Bertz CT molecular complexity index is 863. The number of piperidine rings is 1. The molecular weight excluding hydrogens is 352 g/mol. The van der Waals surface area contributed by atoms with E-state index in [0.29, 0.717) is 37.2 Å². The first-order valence-corrected chi connectivity index (χ1v) is 10.1. The van der Waals surface area contributed by atoms with Gasteiger partial charge in [0.1, 0.15) is 0 Å². The van der Waals surface area contributed by atoms with Crippen LogP contribution in [0.5, 0.6) is 0 Å². The maximum Gasteiger partial charge on any atom is 0.252 e. The number of amides is 1. The van der Waals surface area contributed by atoms with E-state index in [0.717, 1.165) is 5.56 Å². The normalized spacial score (nSPS) is 16.3. The number of sulfonamides is 1. The Hall–Kier alpha value is -2.45. The van der Waals surface area contributed by atoms with Gasteiger partial charge in [-0.3, -0.25) is 9.78 Å². The number of carbonyl (C=O) groups excluding carboxylic acids is 1. The molecular formula is C18H22N4O3S. The average molecular weight is 374 g/mol. The van der Waals surface area contributed by atoms with Crippen LogP contribution in [0.3, 0.4) is 0 Å². The average Bonchev–Trinajstić information content (AvgIpc) is 2.63. The van der Waals surface area contributed by atoms with Crippen LogP contribution in [0.4, 0.5) is 5.69 Å². The minimum absolute atomic E-state index is 0.0160. The maximum absolute atomic E-state index is 12.6. The van der Waals surface area contributed by atoms with Gasteiger partial charge in [0, 0.05) is 31.5 Å². The molecule has 26 heavy (non-hydrogen) atoms. The lowest BCUT2D eigenvalue weighted by Crippen LogP contribution is -2.43. The Balaban J connectivity index is 1.60. The van der Waals surface area contributed by atoms with Crippen LogP contribution in [0.15, 0.2) is 48.8 Å². The van der Waals surface area contributed by atoms with Gasteiger partial charge in [-0.05, 0) is 24.5 Å². The fraction of sp³-hybridized carbons (Fsp3) is 0.333. The number of benzene rings is 1. The van der Waals surface area contributed by atoms with E-state index in [1.807, 2.05) is 30.3 Å². The van der Waals surface area contributed by atoms with Gasteiger partial charge in [-0.25, -0.2) is 12.7 Å². The predicted octanol–water partition coefficient (Wildman–Crippen LogP) is 1.59. The molecule has 0 bridgehead atoms. The standard InChI is InChI=1S/C18H22N4O3S/c19-18(23)16-12-20-9-6-17(16)21-15-7-10-22(11-8-15)26(24,25)13-14-4-2-1-3-5-14/h1-6,9,12,15H,7-8,10-11,13H2,(H2,19,23)(H,20,21). The molecule has 0 atom stereocenters. The molecule has 0 saturated carbocycles. The van der Waals surface area contributed by atoms with Crippen molar-refractivity contribution in [3.63, 3.8) is 0 Å². The van der Waals surface area contributed by atoms with Crippen LogP contribution < -0.4 is 11.1 Å². The first-order chi connectivity index (χ1) is 12.5. The van der Waals surface area contributed by atoms with Crippen LogP contribution in [0.25, 0.3) is 0 Å². The van der Waals surface area contributed by atoms with Crippen molar-refractivity contribution in [2.75, 3.05) is 18.4 Å². The van der Waals surface area contributed by atoms with Crippen LogP contribution in [-0.4, -0.2) is 42.7 Å². The largest absolute Gasteiger partial charge is 0.381 e. The molecule has 138 valence electrons. The van der Waals surface area contributed by atoms with Crippen molar-refractivity contribution in [3.05, 3.63) is 59.9 Å². The molecule has 3 rings (SSSR count). The van der Waals surface area contributed by atoms with Gasteiger partial charge in [-0.2, -0.15) is 0 Å². The fourth-order valence-corrected chi connectivity index (χ4v) is 4.65. The van der Waals surface area contributed by atoms with Crippen LogP contribution in [0, 0.1) is 0 Å². The number of nitrogens with two attached hydrogens (primary N) is 1. The highest BCUT2D eigenvalue weighted by Crippen LogP contribution is 2.22. The van der Waals surface area contributed by atoms with E-state index < -0.39 is 15.9 Å². The van der Waals surface area contributed by atoms with Crippen LogP contribution in [-0.2, 0) is 15.8 Å². The zero-order chi connectivity index (χ0) is 18.6. The van der Waals surface area contributed by atoms with E-state index in [4.69, 9.17) is 5.73 Å². The molecule has 7 nitrogen and oxygen atoms in total. The summed E-state index contributed by atoms with van der Waals surface area (Å²) >= 11 is 0. The summed E-state index contributed by atoms with van der Waals surface area (Å²) in [7, 11) is -3.33. The third-order valence-electron chi connectivity index (χ3n) is 4.49. The van der Waals surface area contributed by atoms with Gasteiger partial charge in [0.05, 0.1) is 17.0 Å². The second kappa shape index (κ2) is 7.84. The third kappa shape index (κ3) is 4.39. The number of rotatable bonds is 6. The number of primary amides is 1. The van der Waals surface area contributed by atoms with E-state index in [1.165, 1.54) is 6.20 Å². The first-order valence-electron chi connectivity index (χ1n) is 8.48. The van der Waals surface area contributed by atoms with Crippen molar-refractivity contribution in [1.82, 2.24) is 9.29 Å². The summed E-state index contributed by atoms with van der Waals surface area (Å²) in [6, 6.07) is 11.0. The molecule has 1 aromatic carbocycles. The zero-order valence-corrected chi connectivity index (χ0v) is 15.2. The van der Waals surface area contributed by atoms with E-state index >= 15 is 0 Å². The van der Waals surface area contributed by atoms with Crippen molar-refractivity contribution >= 4 is 21.6 Å². The summed E-state index contributed by atoms with van der Waals surface area (Å²) in [4.78, 5) is 15.4. The second-order valence-corrected chi connectivity index (χ2v) is 8.31. The van der Waals surface area contributed by atoms with Crippen molar-refractivity contribution < 1.29 is 13.2 Å². The Morgan fingerprint density at radius 1 is 1.19 bits per heavy atom. The number of aromatic nitrogens is 1. The molecule has 2 aromatic rings. The summed E-state index contributed by atoms with van der Waals surface area (Å²) in [6.45, 7) is 0.896. The van der Waals surface area contributed by atoms with E-state index in [1.54, 1.807) is 16.6 Å². The summed E-state index contributed by atoms with van der Waals surface area (Å²) in [5.74, 6) is -0.522. The van der Waals surface area contributed by atoms with Gasteiger partial charge < -0.3 is 11.1 Å². The zero-order valence-electron chi connectivity index (χ0n) is 14.3. The minimum atomic E-state index is -3.33. The summed E-state index contributed by atoms with van der Waals surface area (Å²) in [5.41, 5.74) is 7.13. The van der Waals surface area contributed by atoms with Gasteiger partial charge in [0.15, 0.2) is 0 Å². The van der Waals surface area contributed by atoms with Gasteiger partial charge in [0.2, 0.25) is 10.0 Å². The van der Waals surface area contributed by atoms with Gasteiger partial charge in [-0.15, -0.1) is 0 Å². The smallest absolute Gasteiger partial charge is 0.252 e. The molecule has 0 spiro atoms. The highest BCUT2D eigenvalue weighted by atomic mass is 32.2. The molecule has 0 radical (unpaired) electrons. The summed E-state index contributed by atoms with van der Waals surface area (Å²) in [6.07, 6.45) is 4.35. The Morgan fingerprint density at radius 3 is 2.54 bits per heavy atom. The molecule has 1 amide bonds. The molecule has 1 aliphatic rings. The predicted molar refractivity (Wildman–Crippen MR) is 100 cm³/mol. The Kier molecular flexibility index (Phi) is 5.53. The van der Waals surface area contributed by atoms with E-state index in [-0.39, 0.29) is 11.8 Å². The molecule has 1 aromatic heterocycles. The fourth-order valence-electron chi connectivity index (χ4n) is 3.09. The van der Waals surface area contributed by atoms with Gasteiger partial charge in [-0.1, -0.05) is 30.3 Å². The quantitative estimate of drug-likeness (QED) is 0.799. The molecule has 0 aliphatic carbocycles. The minimum Gasteiger partial charge on any atom is -0.381 e. The Morgan fingerprint density at radius 2 is 1.88 bits per heavy atom. The number of nitrogens with one attached hydrogen (secondary N) is 1. The molecule has 3 N–H and O–H groups in total. The topological polar surface area (TPSA) is 105 Å². The second-order valence-electron chi connectivity index (χ2n) is 6.34. The SMILES string of the molecule is NC(=O)c1cnccc1NC1CCN(S(=O)(=O)Cc2ccccc2)CC1. The van der Waals surface area contributed by atoms with Crippen LogP contribution in [0.2, 0.25) is 0 Å².